The molecule has 0 aliphatic heterocycles. The molecule has 100 valence electrons. The molecule has 2 heterocycles. The predicted molar refractivity (Wildman–Crippen MR) is 81.0 cm³/mol. The first-order valence-electron chi connectivity index (χ1n) is 6.38. The number of aromatic nitrogens is 3. The van der Waals surface area contributed by atoms with Gasteiger partial charge in [0, 0.05) is 18.9 Å². The molecule has 1 aromatic carbocycles. The van der Waals surface area contributed by atoms with Gasteiger partial charge in [0.1, 0.15) is 0 Å². The molecule has 0 unspecified atom stereocenters. The molecular weight excluding hydrogens is 272 g/mol. The zero-order valence-electron chi connectivity index (χ0n) is 10.8. The summed E-state index contributed by atoms with van der Waals surface area (Å²) >= 11 is 6.14. The maximum absolute atomic E-state index is 6.14. The highest BCUT2D eigenvalue weighted by atomic mass is 35.5. The fourth-order valence-electron chi connectivity index (χ4n) is 1.97. The molecule has 0 bridgehead atoms. The largest absolute Gasteiger partial charge is 0.367 e. The number of benzene rings is 1. The van der Waals surface area contributed by atoms with E-state index >= 15 is 0 Å². The Bertz CT molecular complexity index is 715. The molecule has 0 saturated heterocycles. The Balaban J connectivity index is 1.72. The van der Waals surface area contributed by atoms with E-state index in [2.05, 4.69) is 20.3 Å². The predicted octanol–water partition coefficient (Wildman–Crippen LogP) is 3.33. The normalized spacial score (nSPS) is 10.7. The van der Waals surface area contributed by atoms with E-state index in [-0.39, 0.29) is 0 Å². The number of pyridine rings is 1. The van der Waals surface area contributed by atoms with Crippen LogP contribution >= 0.6 is 11.6 Å². The molecule has 0 aliphatic rings. The Morgan fingerprint density at radius 2 is 1.65 bits per heavy atom. The van der Waals surface area contributed by atoms with E-state index < -0.39 is 0 Å². The Labute approximate surface area is 121 Å². The van der Waals surface area contributed by atoms with Gasteiger partial charge < -0.3 is 5.32 Å². The van der Waals surface area contributed by atoms with Crippen molar-refractivity contribution in [3.05, 3.63) is 59.5 Å². The average molecular weight is 285 g/mol. The highest BCUT2D eigenvalue weighted by molar-refractivity contribution is 6.32. The van der Waals surface area contributed by atoms with Crippen molar-refractivity contribution in [3.63, 3.8) is 0 Å². The molecule has 4 nitrogen and oxygen atoms in total. The Hall–Kier alpha value is -2.20. The molecule has 0 atom stereocenters. The molecular formula is C15H13ClN4. The molecule has 1 N–H and O–H groups in total. The number of nitrogens with zero attached hydrogens (tertiary/aromatic N) is 3. The van der Waals surface area contributed by atoms with E-state index in [1.165, 1.54) is 5.56 Å². The lowest BCUT2D eigenvalue weighted by molar-refractivity contribution is 1.000. The minimum Gasteiger partial charge on any atom is -0.367 e. The molecule has 0 amide bonds. The van der Waals surface area contributed by atoms with Gasteiger partial charge in [0.2, 0.25) is 0 Å². The van der Waals surface area contributed by atoms with Crippen molar-refractivity contribution < 1.29 is 0 Å². The quantitative estimate of drug-likeness (QED) is 0.798. The van der Waals surface area contributed by atoms with Crippen molar-refractivity contribution in [1.29, 1.82) is 0 Å². The first-order valence-corrected chi connectivity index (χ1v) is 6.76. The van der Waals surface area contributed by atoms with Gasteiger partial charge in [-0.2, -0.15) is 0 Å². The van der Waals surface area contributed by atoms with E-state index in [1.807, 2.05) is 36.4 Å². The van der Waals surface area contributed by atoms with Gasteiger partial charge in [0.05, 0.1) is 11.0 Å². The standard InChI is InChI=1S/C15H13ClN4/c16-14-15(18-10-7-11-5-8-17-9-6-11)20-13-4-2-1-3-12(13)19-14/h1-6,8-9H,7,10H2,(H,18,20). The summed E-state index contributed by atoms with van der Waals surface area (Å²) in [7, 11) is 0. The van der Waals surface area contributed by atoms with Crippen LogP contribution in [0.25, 0.3) is 11.0 Å². The van der Waals surface area contributed by atoms with E-state index in [4.69, 9.17) is 11.6 Å². The molecule has 0 saturated carbocycles. The van der Waals surface area contributed by atoms with Gasteiger partial charge in [-0.05, 0) is 36.2 Å². The lowest BCUT2D eigenvalue weighted by Gasteiger charge is -2.08. The van der Waals surface area contributed by atoms with Crippen LogP contribution in [-0.2, 0) is 6.42 Å². The van der Waals surface area contributed by atoms with Crippen molar-refractivity contribution in [2.24, 2.45) is 0 Å². The van der Waals surface area contributed by atoms with Crippen molar-refractivity contribution in [3.8, 4) is 0 Å². The molecule has 0 spiro atoms. The van der Waals surface area contributed by atoms with Gasteiger partial charge in [-0.15, -0.1) is 0 Å². The van der Waals surface area contributed by atoms with Crippen molar-refractivity contribution in [1.82, 2.24) is 15.0 Å². The van der Waals surface area contributed by atoms with Gasteiger partial charge in [0.25, 0.3) is 0 Å². The molecule has 2 aromatic heterocycles. The van der Waals surface area contributed by atoms with Gasteiger partial charge >= 0.3 is 0 Å². The molecule has 5 heteroatoms. The van der Waals surface area contributed by atoms with Gasteiger partial charge in [-0.3, -0.25) is 4.98 Å². The lowest BCUT2D eigenvalue weighted by atomic mass is 10.2. The zero-order chi connectivity index (χ0) is 13.8. The van der Waals surface area contributed by atoms with Crippen LogP contribution in [0.3, 0.4) is 0 Å². The van der Waals surface area contributed by atoms with Crippen molar-refractivity contribution in [2.75, 3.05) is 11.9 Å². The first kappa shape index (κ1) is 12.8. The molecule has 0 fully saturated rings. The summed E-state index contributed by atoms with van der Waals surface area (Å²) in [5.41, 5.74) is 2.86. The Morgan fingerprint density at radius 3 is 2.40 bits per heavy atom. The maximum Gasteiger partial charge on any atom is 0.172 e. The summed E-state index contributed by atoms with van der Waals surface area (Å²) in [4.78, 5) is 12.8. The molecule has 0 aliphatic carbocycles. The van der Waals surface area contributed by atoms with Gasteiger partial charge in [0.15, 0.2) is 11.0 Å². The fourth-order valence-corrected chi connectivity index (χ4v) is 2.17. The zero-order valence-corrected chi connectivity index (χ0v) is 11.5. The smallest absolute Gasteiger partial charge is 0.172 e. The third kappa shape index (κ3) is 2.86. The number of nitrogens with one attached hydrogen (secondary N) is 1. The second-order valence-corrected chi connectivity index (χ2v) is 4.74. The first-order chi connectivity index (χ1) is 9.83. The number of rotatable bonds is 4. The summed E-state index contributed by atoms with van der Waals surface area (Å²) < 4.78 is 0. The summed E-state index contributed by atoms with van der Waals surface area (Å²) in [6.45, 7) is 0.747. The van der Waals surface area contributed by atoms with Crippen LogP contribution in [-0.4, -0.2) is 21.5 Å². The lowest BCUT2D eigenvalue weighted by Crippen LogP contribution is -2.07. The number of hydrogen-bond donors (Lipinski definition) is 1. The van der Waals surface area contributed by atoms with E-state index in [0.717, 1.165) is 24.0 Å². The van der Waals surface area contributed by atoms with Crippen LogP contribution in [0.2, 0.25) is 5.15 Å². The van der Waals surface area contributed by atoms with E-state index in [9.17, 15) is 0 Å². The monoisotopic (exact) mass is 284 g/mol. The third-order valence-electron chi connectivity index (χ3n) is 2.98. The molecule has 20 heavy (non-hydrogen) atoms. The highest BCUT2D eigenvalue weighted by Gasteiger charge is 2.05. The van der Waals surface area contributed by atoms with Gasteiger partial charge in [-0.25, -0.2) is 9.97 Å². The van der Waals surface area contributed by atoms with Crippen molar-refractivity contribution >= 4 is 28.5 Å². The van der Waals surface area contributed by atoms with Crippen LogP contribution in [0.1, 0.15) is 5.56 Å². The second kappa shape index (κ2) is 5.84. The highest BCUT2D eigenvalue weighted by Crippen LogP contribution is 2.20. The number of fused-ring (bicyclic) bond motifs is 1. The topological polar surface area (TPSA) is 50.7 Å². The number of hydrogen-bond acceptors (Lipinski definition) is 4. The van der Waals surface area contributed by atoms with E-state index in [1.54, 1.807) is 12.4 Å². The second-order valence-electron chi connectivity index (χ2n) is 4.38. The minimum absolute atomic E-state index is 0.401. The Kier molecular flexibility index (Phi) is 3.74. The average Bonchev–Trinajstić information content (AvgIpc) is 2.49. The summed E-state index contributed by atoms with van der Waals surface area (Å²) in [6.07, 6.45) is 4.46. The fraction of sp³-hybridized carbons (Fsp3) is 0.133. The number of anilines is 1. The van der Waals surface area contributed by atoms with E-state index in [0.29, 0.717) is 11.0 Å². The number of para-hydroxylation sites is 2. The van der Waals surface area contributed by atoms with Crippen LogP contribution in [0.4, 0.5) is 5.82 Å². The molecule has 0 radical (unpaired) electrons. The maximum atomic E-state index is 6.14. The van der Waals surface area contributed by atoms with Crippen LogP contribution in [0.5, 0.6) is 0 Å². The number of halogens is 1. The Morgan fingerprint density at radius 1 is 0.950 bits per heavy atom. The van der Waals surface area contributed by atoms with Crippen LogP contribution in [0, 0.1) is 0 Å². The van der Waals surface area contributed by atoms with Crippen molar-refractivity contribution in [2.45, 2.75) is 6.42 Å². The SMILES string of the molecule is Clc1nc2ccccc2nc1NCCc1ccncc1. The summed E-state index contributed by atoms with van der Waals surface area (Å²) in [5, 5.41) is 3.63. The molecule has 3 aromatic rings. The van der Waals surface area contributed by atoms with Gasteiger partial charge in [-0.1, -0.05) is 23.7 Å². The minimum atomic E-state index is 0.401. The molecule has 3 rings (SSSR count). The third-order valence-corrected chi connectivity index (χ3v) is 3.25. The van der Waals surface area contributed by atoms with Crippen LogP contribution in [0.15, 0.2) is 48.8 Å². The van der Waals surface area contributed by atoms with Crippen LogP contribution < -0.4 is 5.32 Å². The summed E-state index contributed by atoms with van der Waals surface area (Å²) in [5.74, 6) is 0.624. The summed E-state index contributed by atoms with van der Waals surface area (Å²) in [6, 6.07) is 11.7.